The Labute approximate surface area is 125 Å². The summed E-state index contributed by atoms with van der Waals surface area (Å²) in [6, 6.07) is 13.7. The van der Waals surface area contributed by atoms with E-state index in [2.05, 4.69) is 4.90 Å². The molecule has 1 unspecified atom stereocenters. The summed E-state index contributed by atoms with van der Waals surface area (Å²) in [6.07, 6.45) is 0. The molecule has 112 valence electrons. The predicted molar refractivity (Wildman–Crippen MR) is 82.9 cm³/mol. The van der Waals surface area contributed by atoms with Crippen molar-refractivity contribution < 1.29 is 9.13 Å². The predicted octanol–water partition coefficient (Wildman–Crippen LogP) is 2.81. The van der Waals surface area contributed by atoms with Crippen molar-refractivity contribution in [3.8, 4) is 5.75 Å². The molecule has 0 aliphatic carbocycles. The van der Waals surface area contributed by atoms with E-state index in [0.717, 1.165) is 23.4 Å². The standard InChI is InChI=1S/C17H21FN2O/c1-20(2)10-11-21-16-8-6-13(7-9-16)17(19)14-4-3-5-15(18)12-14/h3-9,12,17H,10-11,19H2,1-2H3. The molecule has 2 N–H and O–H groups in total. The fourth-order valence-corrected chi connectivity index (χ4v) is 2.01. The van der Waals surface area contributed by atoms with Gasteiger partial charge in [-0.25, -0.2) is 4.39 Å². The van der Waals surface area contributed by atoms with Crippen molar-refractivity contribution >= 4 is 0 Å². The largest absolute Gasteiger partial charge is 0.492 e. The summed E-state index contributed by atoms with van der Waals surface area (Å²) in [4.78, 5) is 2.06. The topological polar surface area (TPSA) is 38.5 Å². The number of hydrogen-bond acceptors (Lipinski definition) is 3. The van der Waals surface area contributed by atoms with Crippen LogP contribution in [0.3, 0.4) is 0 Å². The summed E-state index contributed by atoms with van der Waals surface area (Å²) in [5, 5.41) is 0. The van der Waals surface area contributed by atoms with Crippen LogP contribution in [0.15, 0.2) is 48.5 Å². The molecule has 2 aromatic carbocycles. The molecule has 2 aromatic rings. The Hall–Kier alpha value is -1.91. The van der Waals surface area contributed by atoms with Gasteiger partial charge in [-0.2, -0.15) is 0 Å². The van der Waals surface area contributed by atoms with Crippen LogP contribution in [0.1, 0.15) is 17.2 Å². The van der Waals surface area contributed by atoms with Crippen LogP contribution < -0.4 is 10.5 Å². The van der Waals surface area contributed by atoms with Crippen LogP contribution in [0.5, 0.6) is 5.75 Å². The summed E-state index contributed by atoms with van der Waals surface area (Å²) in [6.45, 7) is 1.51. The van der Waals surface area contributed by atoms with Gasteiger partial charge in [-0.3, -0.25) is 0 Å². The quantitative estimate of drug-likeness (QED) is 0.888. The van der Waals surface area contributed by atoms with Crippen LogP contribution in [-0.4, -0.2) is 32.1 Å². The molecular weight excluding hydrogens is 267 g/mol. The van der Waals surface area contributed by atoms with Gasteiger partial charge in [0, 0.05) is 6.54 Å². The molecule has 0 heterocycles. The molecule has 0 spiro atoms. The Morgan fingerprint density at radius 1 is 1.10 bits per heavy atom. The second kappa shape index (κ2) is 7.20. The second-order valence-electron chi connectivity index (χ2n) is 5.25. The van der Waals surface area contributed by atoms with E-state index in [-0.39, 0.29) is 11.9 Å². The van der Waals surface area contributed by atoms with Crippen molar-refractivity contribution in [1.29, 1.82) is 0 Å². The average Bonchev–Trinajstić information content (AvgIpc) is 2.47. The van der Waals surface area contributed by atoms with Gasteiger partial charge in [0.2, 0.25) is 0 Å². The zero-order valence-electron chi connectivity index (χ0n) is 12.4. The lowest BCUT2D eigenvalue weighted by molar-refractivity contribution is 0.261. The third kappa shape index (κ3) is 4.55. The Morgan fingerprint density at radius 2 is 1.81 bits per heavy atom. The molecule has 0 aliphatic rings. The van der Waals surface area contributed by atoms with E-state index in [9.17, 15) is 4.39 Å². The molecule has 0 fully saturated rings. The van der Waals surface area contributed by atoms with Crippen LogP contribution in [0, 0.1) is 5.82 Å². The zero-order valence-corrected chi connectivity index (χ0v) is 12.4. The van der Waals surface area contributed by atoms with Crippen LogP contribution >= 0.6 is 0 Å². The molecule has 0 bridgehead atoms. The highest BCUT2D eigenvalue weighted by molar-refractivity contribution is 5.35. The molecule has 0 saturated carbocycles. The Kier molecular flexibility index (Phi) is 5.31. The van der Waals surface area contributed by atoms with Crippen molar-refractivity contribution in [2.24, 2.45) is 5.73 Å². The summed E-state index contributed by atoms with van der Waals surface area (Å²) in [5.74, 6) is 0.540. The minimum absolute atomic E-state index is 0.272. The maximum Gasteiger partial charge on any atom is 0.123 e. The maximum atomic E-state index is 13.2. The Morgan fingerprint density at radius 3 is 2.43 bits per heavy atom. The van der Waals surface area contributed by atoms with Crippen molar-refractivity contribution in [3.05, 3.63) is 65.5 Å². The van der Waals surface area contributed by atoms with Gasteiger partial charge in [0.15, 0.2) is 0 Å². The molecule has 3 nitrogen and oxygen atoms in total. The molecule has 0 amide bonds. The molecule has 0 radical (unpaired) electrons. The highest BCUT2D eigenvalue weighted by atomic mass is 19.1. The van der Waals surface area contributed by atoms with Gasteiger partial charge in [0.1, 0.15) is 18.2 Å². The molecule has 1 atom stereocenters. The van der Waals surface area contributed by atoms with Crippen molar-refractivity contribution in [1.82, 2.24) is 4.90 Å². The number of benzene rings is 2. The first-order valence-corrected chi connectivity index (χ1v) is 6.95. The molecule has 4 heteroatoms. The lowest BCUT2D eigenvalue weighted by Crippen LogP contribution is -2.19. The van der Waals surface area contributed by atoms with Crippen LogP contribution in [0.25, 0.3) is 0 Å². The minimum Gasteiger partial charge on any atom is -0.492 e. The number of nitrogens with zero attached hydrogens (tertiary/aromatic N) is 1. The van der Waals surface area contributed by atoms with Crippen molar-refractivity contribution in [2.45, 2.75) is 6.04 Å². The van der Waals surface area contributed by atoms with Gasteiger partial charge in [0.05, 0.1) is 6.04 Å². The van der Waals surface area contributed by atoms with Gasteiger partial charge < -0.3 is 15.4 Å². The van der Waals surface area contributed by atoms with Crippen LogP contribution in [-0.2, 0) is 0 Å². The summed E-state index contributed by atoms with van der Waals surface area (Å²) in [7, 11) is 4.01. The number of likely N-dealkylation sites (N-methyl/N-ethyl adjacent to an activating group) is 1. The third-order valence-corrected chi connectivity index (χ3v) is 3.25. The SMILES string of the molecule is CN(C)CCOc1ccc(C(N)c2cccc(F)c2)cc1. The first kappa shape index (κ1) is 15.5. The summed E-state index contributed by atoms with van der Waals surface area (Å²) < 4.78 is 18.9. The van der Waals surface area contributed by atoms with Gasteiger partial charge in [-0.1, -0.05) is 24.3 Å². The number of halogens is 1. The Bertz CT molecular complexity index is 569. The van der Waals surface area contributed by atoms with Crippen LogP contribution in [0.2, 0.25) is 0 Å². The van der Waals surface area contributed by atoms with Crippen molar-refractivity contribution in [3.63, 3.8) is 0 Å². The van der Waals surface area contributed by atoms with E-state index in [0.29, 0.717) is 6.61 Å². The lowest BCUT2D eigenvalue weighted by atomic mass is 9.99. The van der Waals surface area contributed by atoms with Crippen molar-refractivity contribution in [2.75, 3.05) is 27.2 Å². The van der Waals surface area contributed by atoms with E-state index >= 15 is 0 Å². The van der Waals surface area contributed by atoms with Gasteiger partial charge in [-0.15, -0.1) is 0 Å². The number of rotatable bonds is 6. The van der Waals surface area contributed by atoms with E-state index in [4.69, 9.17) is 10.5 Å². The fraction of sp³-hybridized carbons (Fsp3) is 0.294. The molecule has 2 rings (SSSR count). The van der Waals surface area contributed by atoms with Crippen LogP contribution in [0.4, 0.5) is 4.39 Å². The lowest BCUT2D eigenvalue weighted by Gasteiger charge is -2.14. The number of hydrogen-bond donors (Lipinski definition) is 1. The Balaban J connectivity index is 2.01. The van der Waals surface area contributed by atoms with Gasteiger partial charge in [0.25, 0.3) is 0 Å². The first-order chi connectivity index (χ1) is 10.1. The zero-order chi connectivity index (χ0) is 15.2. The second-order valence-corrected chi connectivity index (χ2v) is 5.25. The summed E-state index contributed by atoms with van der Waals surface area (Å²) >= 11 is 0. The van der Waals surface area contributed by atoms with E-state index in [1.54, 1.807) is 6.07 Å². The third-order valence-electron chi connectivity index (χ3n) is 3.25. The molecule has 21 heavy (non-hydrogen) atoms. The highest BCUT2D eigenvalue weighted by Crippen LogP contribution is 2.22. The summed E-state index contributed by atoms with van der Waals surface area (Å²) in [5.41, 5.74) is 7.85. The van der Waals surface area contributed by atoms with Gasteiger partial charge >= 0.3 is 0 Å². The average molecular weight is 288 g/mol. The van der Waals surface area contributed by atoms with E-state index < -0.39 is 0 Å². The smallest absolute Gasteiger partial charge is 0.123 e. The highest BCUT2D eigenvalue weighted by Gasteiger charge is 2.09. The van der Waals surface area contributed by atoms with Gasteiger partial charge in [-0.05, 0) is 49.5 Å². The molecule has 0 aromatic heterocycles. The monoisotopic (exact) mass is 288 g/mol. The minimum atomic E-state index is -0.337. The molecular formula is C17H21FN2O. The maximum absolute atomic E-state index is 13.2. The molecule has 0 aliphatic heterocycles. The van der Waals surface area contributed by atoms with E-state index in [1.807, 2.05) is 44.4 Å². The number of ether oxygens (including phenoxy) is 1. The molecule has 0 saturated heterocycles. The number of nitrogens with two attached hydrogens (primary N) is 1. The fourth-order valence-electron chi connectivity index (χ4n) is 2.01. The normalized spacial score (nSPS) is 12.4. The van der Waals surface area contributed by atoms with E-state index in [1.165, 1.54) is 12.1 Å². The first-order valence-electron chi connectivity index (χ1n) is 6.95.